The van der Waals surface area contributed by atoms with Crippen molar-refractivity contribution in [3.63, 3.8) is 0 Å². The Morgan fingerprint density at radius 2 is 2.17 bits per heavy atom. The highest BCUT2D eigenvalue weighted by atomic mass is 31.1. The van der Waals surface area contributed by atoms with Crippen molar-refractivity contribution in [3.8, 4) is 0 Å². The summed E-state index contributed by atoms with van der Waals surface area (Å²) in [7, 11) is -1.18. The van der Waals surface area contributed by atoms with E-state index in [0.717, 1.165) is 5.69 Å². The largest absolute Gasteiger partial charge is 0.694 e. The van der Waals surface area contributed by atoms with Crippen LogP contribution < -0.4 is 0 Å². The van der Waals surface area contributed by atoms with Crippen LogP contribution in [0.5, 0.6) is 0 Å². The molecular formula is C7H11NO3P+. The van der Waals surface area contributed by atoms with Crippen LogP contribution in [0.3, 0.4) is 0 Å². The number of hydrogen-bond donors (Lipinski definition) is 1. The van der Waals surface area contributed by atoms with Gasteiger partial charge in [0.05, 0.1) is 7.11 Å². The van der Waals surface area contributed by atoms with E-state index in [2.05, 4.69) is 9.51 Å². The second-order valence-corrected chi connectivity index (χ2v) is 2.73. The molecule has 0 saturated heterocycles. The topological polar surface area (TPSA) is 59.4 Å². The average Bonchev–Trinajstić information content (AvgIpc) is 2.07. The molecule has 0 bridgehead atoms. The van der Waals surface area contributed by atoms with Gasteiger partial charge < -0.3 is 0 Å². The monoisotopic (exact) mass is 188 g/mol. The minimum atomic E-state index is -2.35. The lowest BCUT2D eigenvalue weighted by Gasteiger charge is -1.82. The van der Waals surface area contributed by atoms with E-state index in [-0.39, 0.29) is 0 Å². The molecule has 5 heteroatoms. The SMILES string of the molecule is CO[P+](=O)O.Cc1ccccn1. The summed E-state index contributed by atoms with van der Waals surface area (Å²) in [6.45, 7) is 1.97. The fraction of sp³-hybridized carbons (Fsp3) is 0.286. The minimum Gasteiger partial charge on any atom is -0.262 e. The Kier molecular flexibility index (Phi) is 6.38. The van der Waals surface area contributed by atoms with E-state index in [9.17, 15) is 4.57 Å². The molecule has 1 aromatic heterocycles. The standard InChI is InChI=1S/C6H7N.CH3O3P/c1-6-4-2-3-5-7-6;1-4-5(2)3/h2-5H,1H3;1H3/p+1. The van der Waals surface area contributed by atoms with Gasteiger partial charge in [0.15, 0.2) is 0 Å². The second kappa shape index (κ2) is 6.85. The first-order valence-corrected chi connectivity index (χ1v) is 4.37. The number of aromatic nitrogens is 1. The zero-order chi connectivity index (χ0) is 9.40. The molecular weight excluding hydrogens is 177 g/mol. The molecule has 1 aromatic rings. The highest BCUT2D eigenvalue weighted by Crippen LogP contribution is 2.09. The highest BCUT2D eigenvalue weighted by Gasteiger charge is 2.02. The molecule has 12 heavy (non-hydrogen) atoms. The molecule has 1 unspecified atom stereocenters. The Bertz CT molecular complexity index is 227. The van der Waals surface area contributed by atoms with Gasteiger partial charge in [0, 0.05) is 16.5 Å². The molecule has 0 spiro atoms. The van der Waals surface area contributed by atoms with E-state index in [1.807, 2.05) is 25.1 Å². The third-order valence-electron chi connectivity index (χ3n) is 0.969. The Morgan fingerprint density at radius 1 is 1.58 bits per heavy atom. The average molecular weight is 188 g/mol. The van der Waals surface area contributed by atoms with Crippen LogP contribution in [0.2, 0.25) is 0 Å². The van der Waals surface area contributed by atoms with Crippen LogP contribution >= 0.6 is 8.25 Å². The van der Waals surface area contributed by atoms with Gasteiger partial charge in [-0.1, -0.05) is 6.07 Å². The zero-order valence-electron chi connectivity index (χ0n) is 6.97. The molecule has 0 amide bonds. The first-order valence-electron chi connectivity index (χ1n) is 3.24. The summed E-state index contributed by atoms with van der Waals surface area (Å²) in [5, 5.41) is 0. The van der Waals surface area contributed by atoms with Gasteiger partial charge >= 0.3 is 8.25 Å². The predicted molar refractivity (Wildman–Crippen MR) is 45.8 cm³/mol. The number of nitrogens with zero attached hydrogens (tertiary/aromatic N) is 1. The molecule has 0 fully saturated rings. The van der Waals surface area contributed by atoms with Crippen LogP contribution in [0, 0.1) is 6.92 Å². The third-order valence-corrected chi connectivity index (χ3v) is 1.28. The predicted octanol–water partition coefficient (Wildman–Crippen LogP) is 1.67. The third kappa shape index (κ3) is 7.28. The summed E-state index contributed by atoms with van der Waals surface area (Å²) < 4.78 is 13.1. The number of aryl methyl sites for hydroxylation is 1. The summed E-state index contributed by atoms with van der Waals surface area (Å²) in [6, 6.07) is 5.86. The van der Waals surface area contributed by atoms with E-state index in [1.165, 1.54) is 7.11 Å². The van der Waals surface area contributed by atoms with Gasteiger partial charge in [0.1, 0.15) is 0 Å². The maximum Gasteiger partial charge on any atom is 0.694 e. The molecule has 4 nitrogen and oxygen atoms in total. The fourth-order valence-electron chi connectivity index (χ4n) is 0.448. The molecule has 0 aliphatic heterocycles. The first kappa shape index (κ1) is 11.2. The lowest BCUT2D eigenvalue weighted by Crippen LogP contribution is -1.72. The minimum absolute atomic E-state index is 1.07. The second-order valence-electron chi connectivity index (χ2n) is 1.89. The quantitative estimate of drug-likeness (QED) is 0.681. The normalized spacial score (nSPS) is 9.75. The molecule has 0 radical (unpaired) electrons. The summed E-state index contributed by atoms with van der Waals surface area (Å²) in [4.78, 5) is 11.6. The molecule has 1 rings (SSSR count). The maximum atomic E-state index is 9.29. The van der Waals surface area contributed by atoms with E-state index in [1.54, 1.807) is 6.20 Å². The number of rotatable bonds is 1. The number of hydrogen-bond acceptors (Lipinski definition) is 3. The number of pyridine rings is 1. The fourth-order valence-corrected chi connectivity index (χ4v) is 0.448. The van der Waals surface area contributed by atoms with Crippen molar-refractivity contribution in [2.75, 3.05) is 7.11 Å². The van der Waals surface area contributed by atoms with Crippen LogP contribution in [-0.2, 0) is 9.09 Å². The van der Waals surface area contributed by atoms with Crippen molar-refractivity contribution < 1.29 is 14.0 Å². The smallest absolute Gasteiger partial charge is 0.262 e. The summed E-state index contributed by atoms with van der Waals surface area (Å²) in [5.74, 6) is 0. The highest BCUT2D eigenvalue weighted by molar-refractivity contribution is 7.32. The lowest BCUT2D eigenvalue weighted by atomic mass is 10.4. The summed E-state index contributed by atoms with van der Waals surface area (Å²) >= 11 is 0. The Labute approximate surface area is 72.2 Å². The van der Waals surface area contributed by atoms with Crippen molar-refractivity contribution >= 4 is 8.25 Å². The van der Waals surface area contributed by atoms with E-state index in [4.69, 9.17) is 4.89 Å². The van der Waals surface area contributed by atoms with Gasteiger partial charge in [-0.25, -0.2) is 0 Å². The van der Waals surface area contributed by atoms with E-state index < -0.39 is 8.25 Å². The van der Waals surface area contributed by atoms with Crippen molar-refractivity contribution in [2.45, 2.75) is 6.92 Å². The molecule has 1 atom stereocenters. The van der Waals surface area contributed by atoms with Crippen LogP contribution in [-0.4, -0.2) is 17.0 Å². The van der Waals surface area contributed by atoms with Gasteiger partial charge in [0.25, 0.3) is 0 Å². The lowest BCUT2D eigenvalue weighted by molar-refractivity contribution is 0.343. The summed E-state index contributed by atoms with van der Waals surface area (Å²) in [5.41, 5.74) is 1.07. The zero-order valence-corrected chi connectivity index (χ0v) is 7.86. The molecule has 0 aliphatic rings. The van der Waals surface area contributed by atoms with Crippen LogP contribution in [0.4, 0.5) is 0 Å². The Balaban J connectivity index is 0.000000217. The molecule has 1 heterocycles. The van der Waals surface area contributed by atoms with Crippen molar-refractivity contribution in [1.82, 2.24) is 4.98 Å². The van der Waals surface area contributed by atoms with Gasteiger partial charge in [-0.05, 0) is 19.1 Å². The molecule has 0 aromatic carbocycles. The van der Waals surface area contributed by atoms with Gasteiger partial charge in [-0.2, -0.15) is 0 Å². The van der Waals surface area contributed by atoms with Crippen LogP contribution in [0.25, 0.3) is 0 Å². The first-order chi connectivity index (χ1) is 5.66. The molecule has 0 aliphatic carbocycles. The Morgan fingerprint density at radius 3 is 2.33 bits per heavy atom. The van der Waals surface area contributed by atoms with Crippen LogP contribution in [0.15, 0.2) is 24.4 Å². The van der Waals surface area contributed by atoms with Crippen molar-refractivity contribution in [2.24, 2.45) is 0 Å². The van der Waals surface area contributed by atoms with Gasteiger partial charge in [0.2, 0.25) is 0 Å². The van der Waals surface area contributed by atoms with E-state index >= 15 is 0 Å². The van der Waals surface area contributed by atoms with Gasteiger partial charge in [-0.15, -0.1) is 9.42 Å². The summed E-state index contributed by atoms with van der Waals surface area (Å²) in [6.07, 6.45) is 1.79. The maximum absolute atomic E-state index is 9.29. The van der Waals surface area contributed by atoms with Gasteiger partial charge in [-0.3, -0.25) is 4.98 Å². The van der Waals surface area contributed by atoms with E-state index in [0.29, 0.717) is 0 Å². The van der Waals surface area contributed by atoms with Crippen molar-refractivity contribution in [1.29, 1.82) is 0 Å². The van der Waals surface area contributed by atoms with Crippen LogP contribution in [0.1, 0.15) is 5.69 Å². The Hall–Kier alpha value is -0.830. The van der Waals surface area contributed by atoms with Crippen molar-refractivity contribution in [3.05, 3.63) is 30.1 Å². The molecule has 66 valence electrons. The molecule has 1 N–H and O–H groups in total. The molecule has 0 saturated carbocycles.